The number of carbonyl (C=O) groups excluding carboxylic acids is 2. The smallest absolute Gasteiger partial charge is 0.337 e. The number of methoxy groups -OCH3 is 1. The maximum absolute atomic E-state index is 12.5. The van der Waals surface area contributed by atoms with Crippen molar-refractivity contribution in [3.63, 3.8) is 0 Å². The lowest BCUT2D eigenvalue weighted by Gasteiger charge is -2.10. The summed E-state index contributed by atoms with van der Waals surface area (Å²) in [6.07, 6.45) is 1.62. The molecule has 0 bridgehead atoms. The van der Waals surface area contributed by atoms with Crippen LogP contribution in [-0.4, -0.2) is 39.5 Å². The molecule has 0 aliphatic rings. The molecule has 33 heavy (non-hydrogen) atoms. The minimum atomic E-state index is -0.427. The SMILES string of the molecule is COC(=O)c1ccc(NC(=O)CSc2nnc(-c3cccc(C)c3)n2Cc2ccco2)cc1. The van der Waals surface area contributed by atoms with Crippen molar-refractivity contribution in [1.82, 2.24) is 14.8 Å². The molecular formula is C24H22N4O4S. The second kappa shape index (κ2) is 10.2. The summed E-state index contributed by atoms with van der Waals surface area (Å²) in [5, 5.41) is 12.1. The number of hydrogen-bond donors (Lipinski definition) is 1. The number of nitrogens with one attached hydrogen (secondary N) is 1. The fourth-order valence-corrected chi connectivity index (χ4v) is 3.97. The molecule has 2 aromatic carbocycles. The Balaban J connectivity index is 1.48. The Morgan fingerprint density at radius 1 is 1.09 bits per heavy atom. The van der Waals surface area contributed by atoms with Gasteiger partial charge in [-0.1, -0.05) is 35.5 Å². The number of furan rings is 1. The summed E-state index contributed by atoms with van der Waals surface area (Å²) in [6.45, 7) is 2.47. The van der Waals surface area contributed by atoms with Gasteiger partial charge in [0.1, 0.15) is 5.76 Å². The van der Waals surface area contributed by atoms with Crippen molar-refractivity contribution < 1.29 is 18.7 Å². The first kappa shape index (κ1) is 22.3. The van der Waals surface area contributed by atoms with Gasteiger partial charge in [0.05, 0.1) is 31.2 Å². The van der Waals surface area contributed by atoms with Crippen molar-refractivity contribution in [2.24, 2.45) is 0 Å². The van der Waals surface area contributed by atoms with E-state index in [4.69, 9.17) is 4.42 Å². The molecule has 2 heterocycles. The Bertz CT molecular complexity index is 1250. The number of benzene rings is 2. The van der Waals surface area contributed by atoms with Gasteiger partial charge in [-0.3, -0.25) is 9.36 Å². The van der Waals surface area contributed by atoms with Gasteiger partial charge in [-0.05, 0) is 49.4 Å². The molecule has 9 heteroatoms. The van der Waals surface area contributed by atoms with Crippen molar-refractivity contribution >= 4 is 29.3 Å². The van der Waals surface area contributed by atoms with E-state index in [1.807, 2.05) is 47.9 Å². The van der Waals surface area contributed by atoms with Crippen LogP contribution in [0, 0.1) is 6.92 Å². The van der Waals surface area contributed by atoms with E-state index < -0.39 is 5.97 Å². The number of rotatable bonds is 8. The third kappa shape index (κ3) is 5.50. The first-order chi connectivity index (χ1) is 16.0. The summed E-state index contributed by atoms with van der Waals surface area (Å²) in [5.41, 5.74) is 3.06. The number of thioether (sulfide) groups is 1. The molecule has 168 valence electrons. The normalized spacial score (nSPS) is 10.7. The summed E-state index contributed by atoms with van der Waals surface area (Å²) >= 11 is 1.29. The predicted octanol–water partition coefficient (Wildman–Crippen LogP) is 4.41. The number of anilines is 1. The molecule has 4 rings (SSSR count). The molecule has 8 nitrogen and oxygen atoms in total. The third-order valence-corrected chi connectivity index (χ3v) is 5.78. The molecule has 4 aromatic rings. The van der Waals surface area contributed by atoms with Gasteiger partial charge in [0, 0.05) is 11.3 Å². The number of ether oxygens (including phenoxy) is 1. The van der Waals surface area contributed by atoms with Gasteiger partial charge in [-0.2, -0.15) is 0 Å². The Kier molecular flexibility index (Phi) is 6.89. The van der Waals surface area contributed by atoms with Crippen LogP contribution in [0.4, 0.5) is 5.69 Å². The van der Waals surface area contributed by atoms with Crippen LogP contribution in [0.1, 0.15) is 21.7 Å². The van der Waals surface area contributed by atoms with E-state index in [1.54, 1.807) is 30.5 Å². The van der Waals surface area contributed by atoms with E-state index in [0.717, 1.165) is 16.9 Å². The molecule has 0 saturated carbocycles. The zero-order valence-electron chi connectivity index (χ0n) is 18.1. The molecule has 2 aromatic heterocycles. The zero-order valence-corrected chi connectivity index (χ0v) is 19.0. The van der Waals surface area contributed by atoms with Crippen molar-refractivity contribution in [3.8, 4) is 11.4 Å². The molecule has 1 amide bonds. The van der Waals surface area contributed by atoms with Gasteiger partial charge in [0.2, 0.25) is 5.91 Å². The fraction of sp³-hybridized carbons (Fsp3) is 0.167. The summed E-state index contributed by atoms with van der Waals surface area (Å²) in [5.74, 6) is 0.986. The Morgan fingerprint density at radius 3 is 2.61 bits per heavy atom. The van der Waals surface area contributed by atoms with Crippen LogP contribution in [0.15, 0.2) is 76.5 Å². The summed E-state index contributed by atoms with van der Waals surface area (Å²) < 4.78 is 12.1. The second-order valence-electron chi connectivity index (χ2n) is 7.25. The Labute approximate surface area is 195 Å². The largest absolute Gasteiger partial charge is 0.467 e. The highest BCUT2D eigenvalue weighted by molar-refractivity contribution is 7.99. The summed E-state index contributed by atoms with van der Waals surface area (Å²) in [6, 6.07) is 18.3. The van der Waals surface area contributed by atoms with Gasteiger partial charge in [0.15, 0.2) is 11.0 Å². The quantitative estimate of drug-likeness (QED) is 0.306. The van der Waals surface area contributed by atoms with Crippen molar-refractivity contribution in [3.05, 3.63) is 83.8 Å². The van der Waals surface area contributed by atoms with Gasteiger partial charge in [-0.15, -0.1) is 10.2 Å². The van der Waals surface area contributed by atoms with Crippen molar-refractivity contribution in [1.29, 1.82) is 0 Å². The number of nitrogens with zero attached hydrogens (tertiary/aromatic N) is 3. The molecule has 0 atom stereocenters. The molecule has 0 aliphatic carbocycles. The second-order valence-corrected chi connectivity index (χ2v) is 8.19. The molecule has 0 radical (unpaired) electrons. The molecular weight excluding hydrogens is 440 g/mol. The van der Waals surface area contributed by atoms with E-state index in [0.29, 0.717) is 28.8 Å². The van der Waals surface area contributed by atoms with Crippen LogP contribution in [0.5, 0.6) is 0 Å². The first-order valence-corrected chi connectivity index (χ1v) is 11.2. The van der Waals surface area contributed by atoms with Gasteiger partial charge < -0.3 is 14.5 Å². The standard InChI is InChI=1S/C24H22N4O4S/c1-16-5-3-6-18(13-16)22-26-27-24(28(22)14-20-7-4-12-32-20)33-15-21(29)25-19-10-8-17(9-11-19)23(30)31-2/h3-13H,14-15H2,1-2H3,(H,25,29). The van der Waals surface area contributed by atoms with E-state index >= 15 is 0 Å². The first-order valence-electron chi connectivity index (χ1n) is 10.2. The lowest BCUT2D eigenvalue weighted by molar-refractivity contribution is -0.113. The van der Waals surface area contributed by atoms with Crippen LogP contribution >= 0.6 is 11.8 Å². The minimum absolute atomic E-state index is 0.142. The average molecular weight is 463 g/mol. The molecule has 0 fully saturated rings. The lowest BCUT2D eigenvalue weighted by Crippen LogP contribution is -2.15. The van der Waals surface area contributed by atoms with E-state index in [1.165, 1.54) is 18.9 Å². The van der Waals surface area contributed by atoms with Crippen LogP contribution < -0.4 is 5.32 Å². The Hall–Kier alpha value is -3.85. The topological polar surface area (TPSA) is 99.2 Å². The van der Waals surface area contributed by atoms with Crippen LogP contribution in [0.3, 0.4) is 0 Å². The van der Waals surface area contributed by atoms with E-state index in [9.17, 15) is 9.59 Å². The monoisotopic (exact) mass is 462 g/mol. The van der Waals surface area contributed by atoms with Crippen molar-refractivity contribution in [2.45, 2.75) is 18.6 Å². The van der Waals surface area contributed by atoms with Gasteiger partial charge in [0.25, 0.3) is 0 Å². The number of hydrogen-bond acceptors (Lipinski definition) is 7. The van der Waals surface area contributed by atoms with Crippen LogP contribution in [-0.2, 0) is 16.1 Å². The molecule has 0 aliphatic heterocycles. The maximum Gasteiger partial charge on any atom is 0.337 e. The molecule has 0 unspecified atom stereocenters. The van der Waals surface area contributed by atoms with Crippen molar-refractivity contribution in [2.75, 3.05) is 18.2 Å². The highest BCUT2D eigenvalue weighted by Crippen LogP contribution is 2.26. The Morgan fingerprint density at radius 2 is 1.91 bits per heavy atom. The number of aryl methyl sites for hydroxylation is 1. The summed E-state index contributed by atoms with van der Waals surface area (Å²) in [7, 11) is 1.32. The molecule has 1 N–H and O–H groups in total. The molecule has 0 spiro atoms. The van der Waals surface area contributed by atoms with Gasteiger partial charge in [-0.25, -0.2) is 4.79 Å². The average Bonchev–Trinajstić information content (AvgIpc) is 3.48. The number of aromatic nitrogens is 3. The van der Waals surface area contributed by atoms with E-state index in [2.05, 4.69) is 20.3 Å². The molecule has 0 saturated heterocycles. The fourth-order valence-electron chi connectivity index (χ4n) is 3.23. The number of amides is 1. The third-order valence-electron chi connectivity index (χ3n) is 4.81. The maximum atomic E-state index is 12.5. The zero-order chi connectivity index (χ0) is 23.2. The predicted molar refractivity (Wildman–Crippen MR) is 125 cm³/mol. The van der Waals surface area contributed by atoms with E-state index in [-0.39, 0.29) is 11.7 Å². The minimum Gasteiger partial charge on any atom is -0.467 e. The highest BCUT2D eigenvalue weighted by Gasteiger charge is 2.17. The summed E-state index contributed by atoms with van der Waals surface area (Å²) in [4.78, 5) is 24.1. The van der Waals surface area contributed by atoms with Crippen LogP contribution in [0.2, 0.25) is 0 Å². The van der Waals surface area contributed by atoms with Crippen LogP contribution in [0.25, 0.3) is 11.4 Å². The lowest BCUT2D eigenvalue weighted by atomic mass is 10.1. The number of esters is 1. The number of carbonyl (C=O) groups is 2. The van der Waals surface area contributed by atoms with Gasteiger partial charge >= 0.3 is 5.97 Å². The highest BCUT2D eigenvalue weighted by atomic mass is 32.2.